The van der Waals surface area contributed by atoms with Crippen LogP contribution in [0.5, 0.6) is 0 Å². The summed E-state index contributed by atoms with van der Waals surface area (Å²) in [4.78, 5) is 8.85. The van der Waals surface area contributed by atoms with Crippen LogP contribution < -0.4 is 0 Å². The second-order valence-corrected chi connectivity index (χ2v) is 6.22. The maximum atomic E-state index is 13.1. The lowest BCUT2D eigenvalue weighted by Gasteiger charge is -2.12. The van der Waals surface area contributed by atoms with Gasteiger partial charge in [0.2, 0.25) is 0 Å². The van der Waals surface area contributed by atoms with Crippen LogP contribution in [0.3, 0.4) is 0 Å². The van der Waals surface area contributed by atoms with E-state index in [2.05, 4.69) is 10.4 Å². The molecule has 0 N–H and O–H groups in total. The van der Waals surface area contributed by atoms with Crippen molar-refractivity contribution >= 4 is 11.3 Å². The van der Waals surface area contributed by atoms with E-state index in [0.29, 0.717) is 0 Å². The molecule has 0 unspecified atom stereocenters. The fraction of sp³-hybridized carbons (Fsp3) is 0.176. The Hall–Kier alpha value is -2.07. The van der Waals surface area contributed by atoms with E-state index >= 15 is 0 Å². The van der Waals surface area contributed by atoms with E-state index in [4.69, 9.17) is 4.98 Å². The summed E-state index contributed by atoms with van der Waals surface area (Å²) in [5.41, 5.74) is 3.25. The first-order valence-corrected chi connectivity index (χ1v) is 7.78. The second-order valence-electron chi connectivity index (χ2n) is 5.36. The van der Waals surface area contributed by atoms with E-state index in [1.807, 2.05) is 24.3 Å². The van der Waals surface area contributed by atoms with Crippen LogP contribution in [0, 0.1) is 5.82 Å². The van der Waals surface area contributed by atoms with Crippen molar-refractivity contribution in [3.63, 3.8) is 0 Å². The molecule has 1 aromatic carbocycles. The van der Waals surface area contributed by atoms with Crippen LogP contribution in [0.25, 0.3) is 11.3 Å². The Balaban J connectivity index is 1.71. The van der Waals surface area contributed by atoms with Crippen LogP contribution in [-0.4, -0.2) is 9.97 Å². The third-order valence-electron chi connectivity index (χ3n) is 4.04. The molecule has 0 amide bonds. The number of pyridine rings is 1. The molecule has 0 saturated heterocycles. The lowest BCUT2D eigenvalue weighted by Crippen LogP contribution is -2.08. The summed E-state index contributed by atoms with van der Waals surface area (Å²) >= 11 is 1.69. The summed E-state index contributed by atoms with van der Waals surface area (Å²) < 4.78 is 13.1. The molecule has 1 aliphatic carbocycles. The molecule has 0 bridgehead atoms. The lowest BCUT2D eigenvalue weighted by molar-refractivity contribution is 0.626. The number of rotatable bonds is 3. The van der Waals surface area contributed by atoms with Crippen molar-refractivity contribution in [2.75, 3.05) is 0 Å². The predicted octanol–water partition coefficient (Wildman–Crippen LogP) is 4.42. The molecule has 1 saturated carbocycles. The zero-order valence-corrected chi connectivity index (χ0v) is 12.1. The van der Waals surface area contributed by atoms with Gasteiger partial charge < -0.3 is 0 Å². The van der Waals surface area contributed by atoms with E-state index in [1.54, 1.807) is 23.7 Å². The van der Waals surface area contributed by atoms with Gasteiger partial charge in [0.25, 0.3) is 0 Å². The fourth-order valence-electron chi connectivity index (χ4n) is 2.67. The normalized spacial score (nSPS) is 15.9. The van der Waals surface area contributed by atoms with Crippen molar-refractivity contribution in [3.05, 3.63) is 70.6 Å². The quantitative estimate of drug-likeness (QED) is 0.715. The van der Waals surface area contributed by atoms with Crippen molar-refractivity contribution in [3.8, 4) is 11.3 Å². The average molecular weight is 296 g/mol. The Morgan fingerprint density at radius 2 is 1.71 bits per heavy atom. The summed E-state index contributed by atoms with van der Waals surface area (Å²) in [7, 11) is 0. The van der Waals surface area contributed by atoms with Crippen LogP contribution in [0.15, 0.2) is 54.2 Å². The van der Waals surface area contributed by atoms with E-state index in [1.165, 1.54) is 17.7 Å². The van der Waals surface area contributed by atoms with Crippen molar-refractivity contribution in [1.29, 1.82) is 0 Å². The Labute approximate surface area is 126 Å². The van der Waals surface area contributed by atoms with Gasteiger partial charge in [-0.3, -0.25) is 4.98 Å². The minimum Gasteiger partial charge on any atom is -0.265 e. The summed E-state index contributed by atoms with van der Waals surface area (Å²) in [5.74, 6) is -0.189. The molecule has 21 heavy (non-hydrogen) atoms. The number of thiazole rings is 1. The first kappa shape index (κ1) is 12.7. The number of nitrogens with zero attached hydrogens (tertiary/aromatic N) is 2. The Morgan fingerprint density at radius 3 is 2.38 bits per heavy atom. The number of aromatic nitrogens is 2. The summed E-state index contributed by atoms with van der Waals surface area (Å²) in [6, 6.07) is 10.8. The van der Waals surface area contributed by atoms with Gasteiger partial charge in [-0.2, -0.15) is 0 Å². The molecular weight excluding hydrogens is 283 g/mol. The Morgan fingerprint density at radius 1 is 1.00 bits per heavy atom. The molecule has 2 nitrogen and oxygen atoms in total. The van der Waals surface area contributed by atoms with Gasteiger partial charge in [-0.05, 0) is 42.7 Å². The minimum absolute atomic E-state index is 0.00362. The molecule has 0 atom stereocenters. The molecule has 1 aliphatic rings. The topological polar surface area (TPSA) is 25.8 Å². The molecule has 0 spiro atoms. The smallest absolute Gasteiger partial charge is 0.123 e. The van der Waals surface area contributed by atoms with Gasteiger partial charge in [0.15, 0.2) is 0 Å². The van der Waals surface area contributed by atoms with Crippen LogP contribution in [-0.2, 0) is 5.41 Å². The van der Waals surface area contributed by atoms with E-state index in [-0.39, 0.29) is 11.2 Å². The molecule has 2 aromatic heterocycles. The second kappa shape index (κ2) is 4.74. The molecule has 2 heterocycles. The van der Waals surface area contributed by atoms with E-state index < -0.39 is 0 Å². The first-order valence-electron chi connectivity index (χ1n) is 6.90. The zero-order chi connectivity index (χ0) is 14.3. The molecule has 0 aliphatic heterocycles. The Bertz CT molecular complexity index is 761. The maximum Gasteiger partial charge on any atom is 0.123 e. The largest absolute Gasteiger partial charge is 0.265 e. The molecule has 0 radical (unpaired) electrons. The molecule has 4 heteroatoms. The monoisotopic (exact) mass is 296 g/mol. The van der Waals surface area contributed by atoms with Gasteiger partial charge in [-0.25, -0.2) is 9.37 Å². The number of hydrogen-bond donors (Lipinski definition) is 0. The van der Waals surface area contributed by atoms with E-state index in [9.17, 15) is 4.39 Å². The first-order chi connectivity index (χ1) is 10.3. The predicted molar refractivity (Wildman–Crippen MR) is 81.8 cm³/mol. The summed E-state index contributed by atoms with van der Waals surface area (Å²) in [6.07, 6.45) is 5.73. The third-order valence-corrected chi connectivity index (χ3v) is 5.08. The van der Waals surface area contributed by atoms with Gasteiger partial charge in [-0.15, -0.1) is 11.3 Å². The number of halogens is 1. The van der Waals surface area contributed by atoms with Gasteiger partial charge in [-0.1, -0.05) is 12.1 Å². The molecule has 3 aromatic rings. The summed E-state index contributed by atoms with van der Waals surface area (Å²) in [6.45, 7) is 0. The van der Waals surface area contributed by atoms with Crippen LogP contribution >= 0.6 is 11.3 Å². The lowest BCUT2D eigenvalue weighted by atomic mass is 9.97. The van der Waals surface area contributed by atoms with E-state index in [0.717, 1.165) is 29.1 Å². The molecule has 1 fully saturated rings. The highest BCUT2D eigenvalue weighted by atomic mass is 32.1. The highest BCUT2D eigenvalue weighted by Gasteiger charge is 2.48. The van der Waals surface area contributed by atoms with Crippen molar-refractivity contribution in [1.82, 2.24) is 9.97 Å². The van der Waals surface area contributed by atoms with Crippen LogP contribution in [0.1, 0.15) is 23.4 Å². The molecular formula is C17H13FN2S. The number of benzene rings is 1. The van der Waals surface area contributed by atoms with Gasteiger partial charge in [0.1, 0.15) is 10.8 Å². The molecule has 104 valence electrons. The zero-order valence-electron chi connectivity index (χ0n) is 11.3. The van der Waals surface area contributed by atoms with Gasteiger partial charge in [0.05, 0.1) is 5.69 Å². The molecule has 4 rings (SSSR count). The van der Waals surface area contributed by atoms with Crippen molar-refractivity contribution < 1.29 is 4.39 Å². The third kappa shape index (κ3) is 2.16. The van der Waals surface area contributed by atoms with Crippen LogP contribution in [0.2, 0.25) is 0 Å². The van der Waals surface area contributed by atoms with Crippen molar-refractivity contribution in [2.45, 2.75) is 18.3 Å². The average Bonchev–Trinajstić information content (AvgIpc) is 3.19. The SMILES string of the molecule is Fc1ccc(C2(c3nc(-c4ccncc4)cs3)CC2)cc1. The highest BCUT2D eigenvalue weighted by Crippen LogP contribution is 2.54. The minimum atomic E-state index is -0.189. The fourth-order valence-corrected chi connectivity index (χ4v) is 3.78. The van der Waals surface area contributed by atoms with Gasteiger partial charge >= 0.3 is 0 Å². The van der Waals surface area contributed by atoms with Crippen molar-refractivity contribution in [2.24, 2.45) is 0 Å². The van der Waals surface area contributed by atoms with Crippen LogP contribution in [0.4, 0.5) is 4.39 Å². The Kier molecular flexibility index (Phi) is 2.86. The maximum absolute atomic E-state index is 13.1. The summed E-state index contributed by atoms with van der Waals surface area (Å²) in [5, 5.41) is 3.22. The van der Waals surface area contributed by atoms with Gasteiger partial charge in [0, 0.05) is 28.8 Å². The number of hydrogen-bond acceptors (Lipinski definition) is 3. The highest BCUT2D eigenvalue weighted by molar-refractivity contribution is 7.10. The standard InChI is InChI=1S/C17H13FN2S/c18-14-3-1-13(2-4-14)17(7-8-17)16-20-15(11-21-16)12-5-9-19-10-6-12/h1-6,9-11H,7-8H2.